The smallest absolute Gasteiger partial charge is 0.0741 e. The third-order valence-electron chi connectivity index (χ3n) is 3.23. The van der Waals surface area contributed by atoms with Crippen molar-refractivity contribution in [1.29, 1.82) is 0 Å². The number of rotatable bonds is 2. The number of benzene rings is 1. The maximum Gasteiger partial charge on any atom is 0.0741 e. The Bertz CT molecular complexity index is 507. The molecule has 1 aromatic heterocycles. The molecule has 0 saturated heterocycles. The first-order valence-corrected chi connectivity index (χ1v) is 5.63. The zero-order chi connectivity index (χ0) is 11.0. The van der Waals surface area contributed by atoms with Crippen LogP contribution in [0.5, 0.6) is 0 Å². The number of para-hydroxylation sites is 1. The van der Waals surface area contributed by atoms with Crippen molar-refractivity contribution in [3.8, 4) is 0 Å². The summed E-state index contributed by atoms with van der Waals surface area (Å²) < 4.78 is 0. The van der Waals surface area contributed by atoms with Gasteiger partial charge in [0, 0.05) is 17.3 Å². The summed E-state index contributed by atoms with van der Waals surface area (Å²) in [6, 6.07) is 10.2. The van der Waals surface area contributed by atoms with Gasteiger partial charge in [-0.15, -0.1) is 0 Å². The molecule has 0 radical (unpaired) electrons. The molecule has 3 nitrogen and oxygen atoms in total. The Kier molecular flexibility index (Phi) is 2.26. The molecule has 0 bridgehead atoms. The summed E-state index contributed by atoms with van der Waals surface area (Å²) in [6.45, 7) is 0. The second-order valence-corrected chi connectivity index (χ2v) is 4.27. The minimum absolute atomic E-state index is 0.200. The number of aliphatic hydroxyl groups excluding tert-OH is 1. The highest BCUT2D eigenvalue weighted by molar-refractivity contribution is 5.91. The topological polar surface area (TPSA) is 45.1 Å². The van der Waals surface area contributed by atoms with Crippen LogP contribution in [0.3, 0.4) is 0 Å². The van der Waals surface area contributed by atoms with E-state index in [-0.39, 0.29) is 12.1 Å². The van der Waals surface area contributed by atoms with Gasteiger partial charge in [-0.1, -0.05) is 18.2 Å². The molecular weight excluding hydrogens is 200 g/mol. The summed E-state index contributed by atoms with van der Waals surface area (Å²) >= 11 is 0. The Labute approximate surface area is 94.1 Å². The van der Waals surface area contributed by atoms with Gasteiger partial charge in [-0.05, 0) is 25.0 Å². The Balaban J connectivity index is 1.96. The fraction of sp³-hybridized carbons (Fsp3) is 0.308. The molecule has 0 aliphatic heterocycles. The predicted molar refractivity (Wildman–Crippen MR) is 64.4 cm³/mol. The second-order valence-electron chi connectivity index (χ2n) is 4.27. The molecule has 16 heavy (non-hydrogen) atoms. The molecule has 1 aliphatic rings. The van der Waals surface area contributed by atoms with Crippen molar-refractivity contribution in [2.24, 2.45) is 0 Å². The number of pyridine rings is 1. The van der Waals surface area contributed by atoms with E-state index >= 15 is 0 Å². The summed E-state index contributed by atoms with van der Waals surface area (Å²) in [4.78, 5) is 4.31. The van der Waals surface area contributed by atoms with Crippen LogP contribution < -0.4 is 5.32 Å². The minimum atomic E-state index is -0.202. The average molecular weight is 214 g/mol. The van der Waals surface area contributed by atoms with Crippen LogP contribution in [-0.2, 0) is 0 Å². The fourth-order valence-corrected chi connectivity index (χ4v) is 2.07. The number of anilines is 1. The number of hydrogen-bond donors (Lipinski definition) is 2. The molecule has 2 unspecified atom stereocenters. The average Bonchev–Trinajstić information content (AvgIpc) is 2.34. The summed E-state index contributed by atoms with van der Waals surface area (Å²) in [6.07, 6.45) is 3.54. The molecule has 1 aromatic carbocycles. The Hall–Kier alpha value is -1.61. The van der Waals surface area contributed by atoms with Gasteiger partial charge in [0.15, 0.2) is 0 Å². The van der Waals surface area contributed by atoms with Crippen molar-refractivity contribution in [3.63, 3.8) is 0 Å². The molecule has 1 heterocycles. The molecule has 3 rings (SSSR count). The lowest BCUT2D eigenvalue weighted by Crippen LogP contribution is -2.42. The predicted octanol–water partition coefficient (Wildman–Crippen LogP) is 2.17. The van der Waals surface area contributed by atoms with Crippen molar-refractivity contribution in [3.05, 3.63) is 36.5 Å². The lowest BCUT2D eigenvalue weighted by Gasteiger charge is -2.34. The van der Waals surface area contributed by atoms with Crippen molar-refractivity contribution >= 4 is 16.6 Å². The van der Waals surface area contributed by atoms with Gasteiger partial charge in [0.25, 0.3) is 0 Å². The van der Waals surface area contributed by atoms with Crippen LogP contribution in [0.4, 0.5) is 5.69 Å². The lowest BCUT2D eigenvalue weighted by molar-refractivity contribution is 0.0787. The van der Waals surface area contributed by atoms with Gasteiger partial charge in [-0.3, -0.25) is 4.98 Å². The van der Waals surface area contributed by atoms with Gasteiger partial charge >= 0.3 is 0 Å². The van der Waals surface area contributed by atoms with E-state index in [4.69, 9.17) is 0 Å². The highest BCUT2D eigenvalue weighted by Crippen LogP contribution is 2.27. The van der Waals surface area contributed by atoms with E-state index in [9.17, 15) is 5.11 Å². The zero-order valence-corrected chi connectivity index (χ0v) is 8.93. The lowest BCUT2D eigenvalue weighted by atomic mass is 9.89. The first-order valence-electron chi connectivity index (χ1n) is 5.63. The van der Waals surface area contributed by atoms with E-state index < -0.39 is 0 Å². The largest absolute Gasteiger partial charge is 0.391 e. The standard InChI is InChI=1S/C13H14N2O/c16-13-6-5-12(13)15-11-7-8-14-10-4-2-1-3-9(10)11/h1-4,7-8,12-13,16H,5-6H2,(H,14,15). The van der Waals surface area contributed by atoms with E-state index in [0.29, 0.717) is 0 Å². The van der Waals surface area contributed by atoms with Gasteiger partial charge in [0.05, 0.1) is 17.7 Å². The number of hydrogen-bond acceptors (Lipinski definition) is 3. The molecule has 2 atom stereocenters. The van der Waals surface area contributed by atoms with Gasteiger partial charge < -0.3 is 10.4 Å². The van der Waals surface area contributed by atoms with Crippen LogP contribution in [0.2, 0.25) is 0 Å². The molecule has 1 aliphatic carbocycles. The van der Waals surface area contributed by atoms with Crippen LogP contribution in [0.25, 0.3) is 10.9 Å². The van der Waals surface area contributed by atoms with Crippen LogP contribution in [0.1, 0.15) is 12.8 Å². The SMILES string of the molecule is OC1CCC1Nc1ccnc2ccccc12. The summed E-state index contributed by atoms with van der Waals surface area (Å²) in [5.41, 5.74) is 2.05. The molecule has 0 spiro atoms. The molecule has 0 amide bonds. The first kappa shape index (κ1) is 9.60. The number of nitrogens with zero attached hydrogens (tertiary/aromatic N) is 1. The maximum atomic E-state index is 9.56. The van der Waals surface area contributed by atoms with Gasteiger partial charge in [-0.25, -0.2) is 0 Å². The zero-order valence-electron chi connectivity index (χ0n) is 8.93. The fourth-order valence-electron chi connectivity index (χ4n) is 2.07. The van der Waals surface area contributed by atoms with Crippen LogP contribution in [0.15, 0.2) is 36.5 Å². The van der Waals surface area contributed by atoms with E-state index in [0.717, 1.165) is 29.4 Å². The summed E-state index contributed by atoms with van der Waals surface area (Å²) in [7, 11) is 0. The first-order chi connectivity index (χ1) is 7.84. The molecule has 82 valence electrons. The third-order valence-corrected chi connectivity index (χ3v) is 3.23. The maximum absolute atomic E-state index is 9.56. The van der Waals surface area contributed by atoms with Gasteiger partial charge in [0.1, 0.15) is 0 Å². The number of nitrogens with one attached hydrogen (secondary N) is 1. The molecule has 1 saturated carbocycles. The van der Waals surface area contributed by atoms with Crippen LogP contribution >= 0.6 is 0 Å². The quantitative estimate of drug-likeness (QED) is 0.805. The second kappa shape index (κ2) is 3.76. The number of aromatic nitrogens is 1. The molecular formula is C13H14N2O. The van der Waals surface area contributed by atoms with Crippen LogP contribution in [0, 0.1) is 0 Å². The molecule has 1 fully saturated rings. The number of aliphatic hydroxyl groups is 1. The van der Waals surface area contributed by atoms with Gasteiger partial charge in [-0.2, -0.15) is 0 Å². The Morgan fingerprint density at radius 3 is 2.81 bits per heavy atom. The molecule has 2 N–H and O–H groups in total. The van der Waals surface area contributed by atoms with E-state index in [2.05, 4.69) is 16.4 Å². The van der Waals surface area contributed by atoms with Crippen LogP contribution in [-0.4, -0.2) is 22.2 Å². The summed E-state index contributed by atoms with van der Waals surface area (Å²) in [5.74, 6) is 0. The van der Waals surface area contributed by atoms with Crippen molar-refractivity contribution < 1.29 is 5.11 Å². The molecule has 3 heteroatoms. The van der Waals surface area contributed by atoms with E-state index in [1.54, 1.807) is 6.20 Å². The van der Waals surface area contributed by atoms with Crippen molar-refractivity contribution in [2.45, 2.75) is 25.0 Å². The van der Waals surface area contributed by atoms with E-state index in [1.807, 2.05) is 24.3 Å². The Morgan fingerprint density at radius 2 is 2.06 bits per heavy atom. The highest BCUT2D eigenvalue weighted by Gasteiger charge is 2.28. The molecule has 2 aromatic rings. The van der Waals surface area contributed by atoms with Crippen molar-refractivity contribution in [1.82, 2.24) is 4.98 Å². The summed E-state index contributed by atoms with van der Waals surface area (Å²) in [5, 5.41) is 14.1. The monoisotopic (exact) mass is 214 g/mol. The number of fused-ring (bicyclic) bond motifs is 1. The Morgan fingerprint density at radius 1 is 1.19 bits per heavy atom. The van der Waals surface area contributed by atoms with Crippen molar-refractivity contribution in [2.75, 3.05) is 5.32 Å². The van der Waals surface area contributed by atoms with E-state index in [1.165, 1.54) is 0 Å². The highest BCUT2D eigenvalue weighted by atomic mass is 16.3. The normalized spacial score (nSPS) is 24.1. The minimum Gasteiger partial charge on any atom is -0.391 e. The van der Waals surface area contributed by atoms with Gasteiger partial charge in [0.2, 0.25) is 0 Å². The third kappa shape index (κ3) is 1.53.